The van der Waals surface area contributed by atoms with E-state index in [4.69, 9.17) is 16.6 Å². The van der Waals surface area contributed by atoms with Gasteiger partial charge in [0.2, 0.25) is 0 Å². The predicted molar refractivity (Wildman–Crippen MR) is 83.5 cm³/mol. The van der Waals surface area contributed by atoms with Crippen LogP contribution < -0.4 is 0 Å². The summed E-state index contributed by atoms with van der Waals surface area (Å²) in [7, 11) is 0. The molecule has 2 nitrogen and oxygen atoms in total. The van der Waals surface area contributed by atoms with Gasteiger partial charge < -0.3 is 0 Å². The number of Topliss-reactive ketones (excluding diaryl/α,β-unsaturated/α-hetero) is 1. The van der Waals surface area contributed by atoms with Gasteiger partial charge in [-0.2, -0.15) is 12.6 Å². The molecule has 0 fully saturated rings. The Balaban J connectivity index is 2.24. The number of nitrogens with zero attached hydrogens (tertiary/aromatic N) is 1. The highest BCUT2D eigenvalue weighted by atomic mass is 35.5. The standard InChI is InChI=1S/C15H18ClNOS/c1-10-13(8-9-19)15(18)7-6-14(17-10)11-2-4-12(16)5-3-11/h2-5,13-14,19H,6-9H2,1H3. The van der Waals surface area contributed by atoms with Crippen LogP contribution in [-0.2, 0) is 4.79 Å². The van der Waals surface area contributed by atoms with Gasteiger partial charge in [0, 0.05) is 17.2 Å². The summed E-state index contributed by atoms with van der Waals surface area (Å²) in [6.07, 6.45) is 2.15. The van der Waals surface area contributed by atoms with Crippen molar-refractivity contribution in [2.45, 2.75) is 32.2 Å². The molecule has 1 heterocycles. The molecule has 0 bridgehead atoms. The first-order valence-corrected chi connectivity index (χ1v) is 7.56. The van der Waals surface area contributed by atoms with E-state index in [0.717, 1.165) is 34.9 Å². The number of halogens is 1. The summed E-state index contributed by atoms with van der Waals surface area (Å²) in [5.41, 5.74) is 2.07. The number of rotatable bonds is 3. The third-order valence-electron chi connectivity index (χ3n) is 3.59. The fraction of sp³-hybridized carbons (Fsp3) is 0.467. The van der Waals surface area contributed by atoms with E-state index in [9.17, 15) is 4.79 Å². The smallest absolute Gasteiger partial charge is 0.141 e. The number of ketones is 1. The average Bonchev–Trinajstić information content (AvgIpc) is 2.53. The van der Waals surface area contributed by atoms with Crippen LogP contribution in [0.1, 0.15) is 37.8 Å². The molecule has 0 radical (unpaired) electrons. The SMILES string of the molecule is CC1=NC(c2ccc(Cl)cc2)CCC(=O)C1CCS. The van der Waals surface area contributed by atoms with E-state index in [1.807, 2.05) is 31.2 Å². The normalized spacial score (nSPS) is 23.9. The summed E-state index contributed by atoms with van der Waals surface area (Å²) < 4.78 is 0. The van der Waals surface area contributed by atoms with Crippen molar-refractivity contribution in [3.05, 3.63) is 34.9 Å². The molecular weight excluding hydrogens is 278 g/mol. The number of aliphatic imine (C=N–C) groups is 1. The molecule has 2 atom stereocenters. The minimum absolute atomic E-state index is 0.0465. The van der Waals surface area contributed by atoms with E-state index in [0.29, 0.717) is 12.2 Å². The van der Waals surface area contributed by atoms with Gasteiger partial charge in [-0.1, -0.05) is 23.7 Å². The molecule has 1 aromatic carbocycles. The Morgan fingerprint density at radius 2 is 2.05 bits per heavy atom. The number of thiol groups is 1. The topological polar surface area (TPSA) is 29.4 Å². The molecule has 2 rings (SSSR count). The summed E-state index contributed by atoms with van der Waals surface area (Å²) in [6, 6.07) is 7.81. The van der Waals surface area contributed by atoms with E-state index in [-0.39, 0.29) is 12.0 Å². The van der Waals surface area contributed by atoms with E-state index in [2.05, 4.69) is 12.6 Å². The minimum atomic E-state index is -0.0465. The maximum atomic E-state index is 12.1. The average molecular weight is 296 g/mol. The molecule has 2 unspecified atom stereocenters. The lowest BCUT2D eigenvalue weighted by Crippen LogP contribution is -2.21. The highest BCUT2D eigenvalue weighted by Crippen LogP contribution is 2.29. The fourth-order valence-corrected chi connectivity index (χ4v) is 2.90. The summed E-state index contributed by atoms with van der Waals surface area (Å²) >= 11 is 10.1. The maximum Gasteiger partial charge on any atom is 0.141 e. The molecule has 0 amide bonds. The van der Waals surface area contributed by atoms with Crippen molar-refractivity contribution in [1.82, 2.24) is 0 Å². The van der Waals surface area contributed by atoms with E-state index in [1.165, 1.54) is 0 Å². The number of benzene rings is 1. The summed E-state index contributed by atoms with van der Waals surface area (Å²) in [6.45, 7) is 1.96. The fourth-order valence-electron chi connectivity index (χ4n) is 2.51. The second kappa shape index (κ2) is 6.58. The third-order valence-corrected chi connectivity index (χ3v) is 4.10. The van der Waals surface area contributed by atoms with Crippen molar-refractivity contribution in [1.29, 1.82) is 0 Å². The second-order valence-corrected chi connectivity index (χ2v) is 5.79. The minimum Gasteiger partial charge on any atom is -0.299 e. The van der Waals surface area contributed by atoms with Gasteiger partial charge in [-0.25, -0.2) is 0 Å². The van der Waals surface area contributed by atoms with Gasteiger partial charge in [0.1, 0.15) is 5.78 Å². The molecule has 1 aliphatic rings. The Bertz CT molecular complexity index is 483. The third kappa shape index (κ3) is 3.61. The van der Waals surface area contributed by atoms with Gasteiger partial charge in [0.25, 0.3) is 0 Å². The first kappa shape index (κ1) is 14.6. The highest BCUT2D eigenvalue weighted by Gasteiger charge is 2.26. The molecule has 102 valence electrons. The number of hydrogen-bond donors (Lipinski definition) is 1. The molecule has 0 saturated carbocycles. The lowest BCUT2D eigenvalue weighted by Gasteiger charge is -2.12. The molecule has 1 aromatic rings. The van der Waals surface area contributed by atoms with Crippen LogP contribution in [0.4, 0.5) is 0 Å². The Kier molecular flexibility index (Phi) is 5.06. The van der Waals surface area contributed by atoms with Gasteiger partial charge in [-0.15, -0.1) is 0 Å². The highest BCUT2D eigenvalue weighted by molar-refractivity contribution is 7.80. The van der Waals surface area contributed by atoms with Crippen LogP contribution in [0.2, 0.25) is 5.02 Å². The summed E-state index contributed by atoms with van der Waals surface area (Å²) in [4.78, 5) is 16.9. The number of carbonyl (C=O) groups is 1. The van der Waals surface area contributed by atoms with Crippen LogP contribution >= 0.6 is 24.2 Å². The van der Waals surface area contributed by atoms with Crippen molar-refractivity contribution < 1.29 is 4.79 Å². The van der Waals surface area contributed by atoms with Gasteiger partial charge in [-0.05, 0) is 43.2 Å². The van der Waals surface area contributed by atoms with E-state index < -0.39 is 0 Å². The molecule has 0 saturated heterocycles. The second-order valence-electron chi connectivity index (χ2n) is 4.91. The zero-order valence-corrected chi connectivity index (χ0v) is 12.6. The molecule has 4 heteroatoms. The zero-order valence-electron chi connectivity index (χ0n) is 11.0. The Morgan fingerprint density at radius 1 is 1.37 bits per heavy atom. The van der Waals surface area contributed by atoms with Crippen molar-refractivity contribution in [3.63, 3.8) is 0 Å². The van der Waals surface area contributed by atoms with Gasteiger partial charge in [-0.3, -0.25) is 9.79 Å². The number of carbonyl (C=O) groups excluding carboxylic acids is 1. The van der Waals surface area contributed by atoms with Crippen molar-refractivity contribution >= 4 is 35.7 Å². The summed E-state index contributed by atoms with van der Waals surface area (Å²) in [5, 5.41) is 0.724. The molecule has 19 heavy (non-hydrogen) atoms. The lowest BCUT2D eigenvalue weighted by atomic mass is 9.94. The lowest BCUT2D eigenvalue weighted by molar-refractivity contribution is -0.121. The van der Waals surface area contributed by atoms with Gasteiger partial charge in [0.15, 0.2) is 0 Å². The maximum absolute atomic E-state index is 12.1. The van der Waals surface area contributed by atoms with Crippen molar-refractivity contribution in [3.8, 4) is 0 Å². The quantitative estimate of drug-likeness (QED) is 0.834. The van der Waals surface area contributed by atoms with Crippen LogP contribution in [0.5, 0.6) is 0 Å². The van der Waals surface area contributed by atoms with Crippen LogP contribution in [0.15, 0.2) is 29.3 Å². The molecular formula is C15H18ClNOS. The van der Waals surface area contributed by atoms with Gasteiger partial charge in [0.05, 0.1) is 12.0 Å². The Hall–Kier alpha value is -0.800. The first-order chi connectivity index (χ1) is 9.11. The molecule has 1 aliphatic heterocycles. The van der Waals surface area contributed by atoms with Crippen molar-refractivity contribution in [2.24, 2.45) is 10.9 Å². The monoisotopic (exact) mass is 295 g/mol. The van der Waals surface area contributed by atoms with Crippen molar-refractivity contribution in [2.75, 3.05) is 5.75 Å². The van der Waals surface area contributed by atoms with Crippen LogP contribution in [0, 0.1) is 5.92 Å². The molecule has 0 spiro atoms. The zero-order chi connectivity index (χ0) is 13.8. The largest absolute Gasteiger partial charge is 0.299 e. The van der Waals surface area contributed by atoms with Crippen LogP contribution in [-0.4, -0.2) is 17.2 Å². The predicted octanol–water partition coefficient (Wildman–Crippen LogP) is 4.14. The van der Waals surface area contributed by atoms with Crippen LogP contribution in [0.25, 0.3) is 0 Å². The number of hydrogen-bond acceptors (Lipinski definition) is 3. The molecule has 0 aromatic heterocycles. The Morgan fingerprint density at radius 3 is 2.68 bits per heavy atom. The Labute approximate surface area is 124 Å². The van der Waals surface area contributed by atoms with E-state index >= 15 is 0 Å². The summed E-state index contributed by atoms with van der Waals surface area (Å²) in [5.74, 6) is 0.969. The van der Waals surface area contributed by atoms with Gasteiger partial charge >= 0.3 is 0 Å². The van der Waals surface area contributed by atoms with Crippen LogP contribution in [0.3, 0.4) is 0 Å². The first-order valence-electron chi connectivity index (χ1n) is 6.55. The van der Waals surface area contributed by atoms with E-state index in [1.54, 1.807) is 0 Å². The molecule has 0 N–H and O–H groups in total. The molecule has 0 aliphatic carbocycles.